The van der Waals surface area contributed by atoms with Gasteiger partial charge in [-0.2, -0.15) is 8.78 Å². The molecule has 1 fully saturated rings. The normalized spacial score (nSPS) is 17.3. The molecule has 140 valence electrons. The molecule has 4 rings (SSSR count). The third-order valence-electron chi connectivity index (χ3n) is 4.27. The van der Waals surface area contributed by atoms with Crippen LogP contribution in [0.4, 0.5) is 14.6 Å². The number of alkyl halides is 2. The highest BCUT2D eigenvalue weighted by molar-refractivity contribution is 5.44. The van der Waals surface area contributed by atoms with Gasteiger partial charge in [-0.05, 0) is 17.7 Å². The number of imidazole rings is 1. The maximum Gasteiger partial charge on any atom is 0.387 e. The molecule has 9 heteroatoms. The Labute approximate surface area is 154 Å². The monoisotopic (exact) mass is 373 g/mol. The number of ether oxygens (including phenoxy) is 2. The van der Waals surface area contributed by atoms with Crippen molar-refractivity contribution < 1.29 is 18.3 Å². The van der Waals surface area contributed by atoms with Gasteiger partial charge in [0.2, 0.25) is 0 Å². The van der Waals surface area contributed by atoms with Crippen LogP contribution in [0.2, 0.25) is 0 Å². The molecule has 3 heterocycles. The average Bonchev–Trinajstić information content (AvgIpc) is 3.23. The van der Waals surface area contributed by atoms with Crippen LogP contribution >= 0.6 is 0 Å². The van der Waals surface area contributed by atoms with E-state index in [4.69, 9.17) is 4.74 Å². The predicted octanol–water partition coefficient (Wildman–Crippen LogP) is 2.84. The number of anilines is 1. The third-order valence-corrected chi connectivity index (χ3v) is 4.27. The summed E-state index contributed by atoms with van der Waals surface area (Å²) in [5.74, 6) is 1.65. The summed E-state index contributed by atoms with van der Waals surface area (Å²) in [5.41, 5.74) is 0.894. The van der Waals surface area contributed by atoms with Gasteiger partial charge in [0.15, 0.2) is 0 Å². The van der Waals surface area contributed by atoms with Crippen molar-refractivity contribution >= 4 is 5.82 Å². The van der Waals surface area contributed by atoms with Crippen molar-refractivity contribution in [2.75, 3.05) is 24.6 Å². The Hall–Kier alpha value is -3.07. The first-order valence-corrected chi connectivity index (χ1v) is 8.41. The van der Waals surface area contributed by atoms with Crippen molar-refractivity contribution in [1.29, 1.82) is 0 Å². The van der Waals surface area contributed by atoms with Crippen LogP contribution in [0.5, 0.6) is 5.75 Å². The minimum atomic E-state index is -2.83. The van der Waals surface area contributed by atoms with E-state index in [0.29, 0.717) is 19.7 Å². The molecule has 0 aliphatic carbocycles. The molecule has 0 bridgehead atoms. The highest BCUT2D eigenvalue weighted by Gasteiger charge is 2.23. The molecule has 1 saturated heterocycles. The number of halogens is 2. The van der Waals surface area contributed by atoms with Crippen molar-refractivity contribution in [2.24, 2.45) is 0 Å². The van der Waals surface area contributed by atoms with E-state index in [1.807, 2.05) is 16.8 Å². The van der Waals surface area contributed by atoms with Gasteiger partial charge in [-0.15, -0.1) is 0 Å². The molecule has 1 aromatic carbocycles. The van der Waals surface area contributed by atoms with E-state index < -0.39 is 6.61 Å². The summed E-state index contributed by atoms with van der Waals surface area (Å²) in [5, 5.41) is 0. The highest BCUT2D eigenvalue weighted by Crippen LogP contribution is 2.27. The molecule has 3 aromatic rings. The maximum absolute atomic E-state index is 12.3. The molecule has 1 atom stereocenters. The van der Waals surface area contributed by atoms with Gasteiger partial charge >= 0.3 is 6.61 Å². The Kier molecular flexibility index (Phi) is 4.93. The molecule has 27 heavy (non-hydrogen) atoms. The van der Waals surface area contributed by atoms with E-state index in [1.165, 1.54) is 18.5 Å². The van der Waals surface area contributed by atoms with Crippen LogP contribution in [0.15, 0.2) is 55.4 Å². The standard InChI is InChI=1S/C18H17F2N5O2/c19-18(20)27-14-3-1-13(2-4-14)15-10-24(7-8-26-15)16-9-17(23-11-22-16)25-6-5-21-12-25/h1-6,9,11-12,15,18H,7-8,10H2. The molecule has 1 aliphatic heterocycles. The van der Waals surface area contributed by atoms with Crippen molar-refractivity contribution in [3.63, 3.8) is 0 Å². The SMILES string of the molecule is FC(F)Oc1ccc(C2CN(c3cc(-n4ccnc4)ncn3)CCO2)cc1. The Morgan fingerprint density at radius 1 is 1.15 bits per heavy atom. The number of hydrogen-bond acceptors (Lipinski definition) is 6. The summed E-state index contributed by atoms with van der Waals surface area (Å²) in [6, 6.07) is 8.41. The Bertz CT molecular complexity index is 874. The molecule has 1 aliphatic rings. The van der Waals surface area contributed by atoms with Crippen LogP contribution in [0.1, 0.15) is 11.7 Å². The molecule has 0 saturated carbocycles. The number of hydrogen-bond donors (Lipinski definition) is 0. The van der Waals surface area contributed by atoms with Crippen molar-refractivity contribution in [2.45, 2.75) is 12.7 Å². The van der Waals surface area contributed by atoms with Crippen LogP contribution < -0.4 is 9.64 Å². The summed E-state index contributed by atoms with van der Waals surface area (Å²) in [4.78, 5) is 14.8. The molecular formula is C18H17F2N5O2. The Morgan fingerprint density at radius 2 is 1.96 bits per heavy atom. The fourth-order valence-electron chi connectivity index (χ4n) is 2.97. The van der Waals surface area contributed by atoms with Gasteiger partial charge in [0.25, 0.3) is 0 Å². The van der Waals surface area contributed by atoms with Gasteiger partial charge in [0.1, 0.15) is 36.1 Å². The van der Waals surface area contributed by atoms with E-state index in [9.17, 15) is 8.78 Å². The van der Waals surface area contributed by atoms with E-state index in [2.05, 4.69) is 24.6 Å². The smallest absolute Gasteiger partial charge is 0.387 e. The largest absolute Gasteiger partial charge is 0.435 e. The number of nitrogens with zero attached hydrogens (tertiary/aromatic N) is 5. The number of morpholine rings is 1. The zero-order chi connectivity index (χ0) is 18.6. The molecule has 0 amide bonds. The van der Waals surface area contributed by atoms with Gasteiger partial charge in [-0.3, -0.25) is 4.57 Å². The third kappa shape index (κ3) is 4.03. The van der Waals surface area contributed by atoms with Crippen molar-refractivity contribution in [1.82, 2.24) is 19.5 Å². The maximum atomic E-state index is 12.3. The number of aromatic nitrogens is 4. The zero-order valence-corrected chi connectivity index (χ0v) is 14.3. The van der Waals surface area contributed by atoms with Crippen LogP contribution in [0.3, 0.4) is 0 Å². The Balaban J connectivity index is 1.49. The second-order valence-electron chi connectivity index (χ2n) is 5.96. The molecule has 2 aromatic heterocycles. The summed E-state index contributed by atoms with van der Waals surface area (Å²) in [6.07, 6.45) is 6.51. The van der Waals surface area contributed by atoms with Gasteiger partial charge in [0.05, 0.1) is 6.61 Å². The van der Waals surface area contributed by atoms with Crippen LogP contribution in [-0.2, 0) is 4.74 Å². The van der Waals surface area contributed by atoms with Gasteiger partial charge in [0, 0.05) is 31.5 Å². The highest BCUT2D eigenvalue weighted by atomic mass is 19.3. The van der Waals surface area contributed by atoms with E-state index >= 15 is 0 Å². The second kappa shape index (κ2) is 7.67. The Morgan fingerprint density at radius 3 is 2.70 bits per heavy atom. The fourth-order valence-corrected chi connectivity index (χ4v) is 2.97. The van der Waals surface area contributed by atoms with Crippen LogP contribution in [-0.4, -0.2) is 45.8 Å². The molecule has 1 unspecified atom stereocenters. The van der Waals surface area contributed by atoms with E-state index in [1.54, 1.807) is 24.7 Å². The van der Waals surface area contributed by atoms with Gasteiger partial charge < -0.3 is 14.4 Å². The molecular weight excluding hydrogens is 356 g/mol. The lowest BCUT2D eigenvalue weighted by atomic mass is 10.1. The van der Waals surface area contributed by atoms with Gasteiger partial charge in [-0.1, -0.05) is 12.1 Å². The first-order chi connectivity index (χ1) is 13.2. The number of rotatable bonds is 5. The quantitative estimate of drug-likeness (QED) is 0.685. The topological polar surface area (TPSA) is 65.3 Å². The van der Waals surface area contributed by atoms with Crippen molar-refractivity contribution in [3.05, 3.63) is 60.9 Å². The predicted molar refractivity (Wildman–Crippen MR) is 93.1 cm³/mol. The van der Waals surface area contributed by atoms with Crippen LogP contribution in [0, 0.1) is 0 Å². The molecule has 0 spiro atoms. The average molecular weight is 373 g/mol. The second-order valence-corrected chi connectivity index (χ2v) is 5.96. The zero-order valence-electron chi connectivity index (χ0n) is 14.3. The lowest BCUT2D eigenvalue weighted by Gasteiger charge is -2.34. The summed E-state index contributed by atoms with van der Waals surface area (Å²) in [6.45, 7) is -1.01. The first kappa shape index (κ1) is 17.3. The summed E-state index contributed by atoms with van der Waals surface area (Å²) in [7, 11) is 0. The fraction of sp³-hybridized carbons (Fsp3) is 0.278. The summed E-state index contributed by atoms with van der Waals surface area (Å²) < 4.78 is 36.6. The minimum absolute atomic E-state index is 0.127. The van der Waals surface area contributed by atoms with E-state index in [0.717, 1.165) is 17.2 Å². The lowest BCUT2D eigenvalue weighted by molar-refractivity contribution is -0.0498. The summed E-state index contributed by atoms with van der Waals surface area (Å²) >= 11 is 0. The number of benzene rings is 1. The molecule has 0 N–H and O–H groups in total. The van der Waals surface area contributed by atoms with Crippen molar-refractivity contribution in [3.8, 4) is 11.6 Å². The minimum Gasteiger partial charge on any atom is -0.435 e. The van der Waals surface area contributed by atoms with Crippen LogP contribution in [0.25, 0.3) is 5.82 Å². The first-order valence-electron chi connectivity index (χ1n) is 8.41. The molecule has 7 nitrogen and oxygen atoms in total. The van der Waals surface area contributed by atoms with E-state index in [-0.39, 0.29) is 11.9 Å². The molecule has 0 radical (unpaired) electrons. The van der Waals surface area contributed by atoms with Gasteiger partial charge in [-0.25, -0.2) is 15.0 Å². The lowest BCUT2D eigenvalue weighted by Crippen LogP contribution is -2.38.